The molecule has 132 valence electrons. The number of benzene rings is 2. The first-order valence-electron chi connectivity index (χ1n) is 7.54. The molecule has 0 aliphatic heterocycles. The first-order valence-corrected chi connectivity index (χ1v) is 7.54. The molecule has 0 spiro atoms. The number of ether oxygens (including phenoxy) is 1. The number of hydrogen-bond acceptors (Lipinski definition) is 5. The SMILES string of the molecule is COc1cccc(NC(=O)c2cnc(Nc3ccc(F)cc3F)nc2)c1. The van der Waals surface area contributed by atoms with Crippen LogP contribution in [0.4, 0.5) is 26.1 Å². The highest BCUT2D eigenvalue weighted by Gasteiger charge is 2.10. The van der Waals surface area contributed by atoms with E-state index >= 15 is 0 Å². The number of rotatable bonds is 5. The number of methoxy groups -OCH3 is 1. The van der Waals surface area contributed by atoms with Crippen molar-refractivity contribution in [1.29, 1.82) is 0 Å². The molecule has 1 heterocycles. The molecule has 3 aromatic rings. The number of aromatic nitrogens is 2. The molecule has 2 aromatic carbocycles. The maximum absolute atomic E-state index is 13.6. The summed E-state index contributed by atoms with van der Waals surface area (Å²) in [6.45, 7) is 0. The number of carbonyl (C=O) groups is 1. The predicted octanol–water partition coefficient (Wildman–Crippen LogP) is 3.76. The van der Waals surface area contributed by atoms with Gasteiger partial charge < -0.3 is 15.4 Å². The number of anilines is 3. The van der Waals surface area contributed by atoms with Crippen molar-refractivity contribution in [2.24, 2.45) is 0 Å². The van der Waals surface area contributed by atoms with E-state index in [0.29, 0.717) is 11.4 Å². The summed E-state index contributed by atoms with van der Waals surface area (Å²) in [6, 6.07) is 9.99. The van der Waals surface area contributed by atoms with Crippen LogP contribution in [0.3, 0.4) is 0 Å². The van der Waals surface area contributed by atoms with Gasteiger partial charge >= 0.3 is 0 Å². The summed E-state index contributed by atoms with van der Waals surface area (Å²) in [7, 11) is 1.53. The number of nitrogens with zero attached hydrogens (tertiary/aromatic N) is 2. The van der Waals surface area contributed by atoms with Crippen LogP contribution >= 0.6 is 0 Å². The van der Waals surface area contributed by atoms with Gasteiger partial charge in [-0.3, -0.25) is 4.79 Å². The summed E-state index contributed by atoms with van der Waals surface area (Å²) in [5.74, 6) is -1.17. The van der Waals surface area contributed by atoms with Gasteiger partial charge in [0.25, 0.3) is 5.91 Å². The van der Waals surface area contributed by atoms with E-state index < -0.39 is 17.5 Å². The lowest BCUT2D eigenvalue weighted by atomic mass is 10.2. The Hall–Kier alpha value is -3.55. The van der Waals surface area contributed by atoms with E-state index in [1.165, 1.54) is 25.6 Å². The number of halogens is 2. The van der Waals surface area contributed by atoms with Crippen LogP contribution in [0.1, 0.15) is 10.4 Å². The lowest BCUT2D eigenvalue weighted by Gasteiger charge is -2.08. The minimum Gasteiger partial charge on any atom is -0.497 e. The first-order chi connectivity index (χ1) is 12.5. The molecule has 0 aliphatic carbocycles. The van der Waals surface area contributed by atoms with Gasteiger partial charge in [0.1, 0.15) is 17.4 Å². The largest absolute Gasteiger partial charge is 0.497 e. The third kappa shape index (κ3) is 4.10. The van der Waals surface area contributed by atoms with E-state index in [-0.39, 0.29) is 17.2 Å². The van der Waals surface area contributed by atoms with Crippen molar-refractivity contribution in [3.63, 3.8) is 0 Å². The Morgan fingerprint density at radius 3 is 2.54 bits per heavy atom. The number of hydrogen-bond donors (Lipinski definition) is 2. The van der Waals surface area contributed by atoms with Crippen molar-refractivity contribution in [3.05, 3.63) is 72.1 Å². The van der Waals surface area contributed by atoms with Crippen LogP contribution in [0, 0.1) is 11.6 Å². The van der Waals surface area contributed by atoms with E-state index in [0.717, 1.165) is 12.1 Å². The first kappa shape index (κ1) is 17.3. The molecule has 8 heteroatoms. The summed E-state index contributed by atoms with van der Waals surface area (Å²) in [5, 5.41) is 5.31. The molecule has 0 atom stereocenters. The Balaban J connectivity index is 1.69. The Labute approximate surface area is 147 Å². The van der Waals surface area contributed by atoms with Crippen molar-refractivity contribution in [3.8, 4) is 5.75 Å². The molecule has 2 N–H and O–H groups in total. The van der Waals surface area contributed by atoms with E-state index in [1.54, 1.807) is 24.3 Å². The van der Waals surface area contributed by atoms with Gasteiger partial charge in [-0.15, -0.1) is 0 Å². The van der Waals surface area contributed by atoms with Crippen LogP contribution in [0.15, 0.2) is 54.9 Å². The van der Waals surface area contributed by atoms with Crippen molar-refractivity contribution in [2.75, 3.05) is 17.7 Å². The third-order valence-corrected chi connectivity index (χ3v) is 3.42. The molecule has 0 saturated carbocycles. The zero-order valence-electron chi connectivity index (χ0n) is 13.7. The zero-order chi connectivity index (χ0) is 18.5. The van der Waals surface area contributed by atoms with Crippen molar-refractivity contribution in [1.82, 2.24) is 9.97 Å². The van der Waals surface area contributed by atoms with E-state index in [4.69, 9.17) is 4.74 Å². The molecule has 0 fully saturated rings. The highest BCUT2D eigenvalue weighted by atomic mass is 19.1. The van der Waals surface area contributed by atoms with Crippen LogP contribution < -0.4 is 15.4 Å². The highest BCUT2D eigenvalue weighted by molar-refractivity contribution is 6.04. The summed E-state index contributed by atoms with van der Waals surface area (Å²) in [5.41, 5.74) is 0.808. The Kier molecular flexibility index (Phi) is 5.02. The Morgan fingerprint density at radius 2 is 1.85 bits per heavy atom. The summed E-state index contributed by atoms with van der Waals surface area (Å²) < 4.78 is 31.6. The molecule has 0 saturated heterocycles. The Morgan fingerprint density at radius 1 is 1.08 bits per heavy atom. The Bertz CT molecular complexity index is 933. The molecule has 1 amide bonds. The topological polar surface area (TPSA) is 76.1 Å². The van der Waals surface area contributed by atoms with Gasteiger partial charge in [-0.1, -0.05) is 6.07 Å². The van der Waals surface area contributed by atoms with Gasteiger partial charge in [0.05, 0.1) is 18.4 Å². The molecule has 0 radical (unpaired) electrons. The van der Waals surface area contributed by atoms with Crippen molar-refractivity contribution >= 4 is 23.2 Å². The third-order valence-electron chi connectivity index (χ3n) is 3.42. The monoisotopic (exact) mass is 356 g/mol. The number of nitrogens with one attached hydrogen (secondary N) is 2. The highest BCUT2D eigenvalue weighted by Crippen LogP contribution is 2.19. The standard InChI is InChI=1S/C18H14F2N4O2/c1-26-14-4-2-3-13(8-14)23-17(25)11-9-21-18(22-10-11)24-16-6-5-12(19)7-15(16)20/h2-10H,1H3,(H,23,25)(H,21,22,24). The van der Waals surface area contributed by atoms with Gasteiger partial charge in [-0.05, 0) is 24.3 Å². The van der Waals surface area contributed by atoms with E-state index in [2.05, 4.69) is 20.6 Å². The fraction of sp³-hybridized carbons (Fsp3) is 0.0556. The minimum atomic E-state index is -0.770. The minimum absolute atomic E-state index is 0.0278. The molecule has 26 heavy (non-hydrogen) atoms. The van der Waals surface area contributed by atoms with E-state index in [1.807, 2.05) is 0 Å². The lowest BCUT2D eigenvalue weighted by molar-refractivity contribution is 0.102. The quantitative estimate of drug-likeness (QED) is 0.728. The van der Waals surface area contributed by atoms with Crippen LogP contribution in [-0.4, -0.2) is 23.0 Å². The van der Waals surface area contributed by atoms with Crippen molar-refractivity contribution in [2.45, 2.75) is 0 Å². The number of amides is 1. The van der Waals surface area contributed by atoms with Gasteiger partial charge in [0.2, 0.25) is 5.95 Å². The number of carbonyl (C=O) groups excluding carboxylic acids is 1. The maximum atomic E-state index is 13.6. The molecule has 0 unspecified atom stereocenters. The second kappa shape index (κ2) is 7.56. The van der Waals surface area contributed by atoms with Crippen molar-refractivity contribution < 1.29 is 18.3 Å². The van der Waals surface area contributed by atoms with Gasteiger partial charge in [-0.2, -0.15) is 0 Å². The summed E-state index contributed by atoms with van der Waals surface area (Å²) >= 11 is 0. The van der Waals surface area contributed by atoms with Gasteiger partial charge in [0.15, 0.2) is 0 Å². The summed E-state index contributed by atoms with van der Waals surface area (Å²) in [6.07, 6.45) is 2.60. The zero-order valence-corrected chi connectivity index (χ0v) is 13.7. The molecule has 6 nitrogen and oxygen atoms in total. The lowest BCUT2D eigenvalue weighted by Crippen LogP contribution is -2.13. The van der Waals surface area contributed by atoms with Crippen LogP contribution in [0.25, 0.3) is 0 Å². The average molecular weight is 356 g/mol. The molecular formula is C18H14F2N4O2. The molecular weight excluding hydrogens is 342 g/mol. The fourth-order valence-corrected chi connectivity index (χ4v) is 2.13. The fourth-order valence-electron chi connectivity index (χ4n) is 2.13. The van der Waals surface area contributed by atoms with Gasteiger partial charge in [-0.25, -0.2) is 18.7 Å². The average Bonchev–Trinajstić information content (AvgIpc) is 2.64. The maximum Gasteiger partial charge on any atom is 0.258 e. The smallest absolute Gasteiger partial charge is 0.258 e. The van der Waals surface area contributed by atoms with Crippen LogP contribution in [0.2, 0.25) is 0 Å². The second-order valence-corrected chi connectivity index (χ2v) is 5.23. The molecule has 1 aromatic heterocycles. The van der Waals surface area contributed by atoms with Crippen LogP contribution in [-0.2, 0) is 0 Å². The molecule has 0 bridgehead atoms. The summed E-state index contributed by atoms with van der Waals surface area (Å²) in [4.78, 5) is 20.2. The van der Waals surface area contributed by atoms with Crippen LogP contribution in [0.5, 0.6) is 5.75 Å². The predicted molar refractivity (Wildman–Crippen MR) is 92.6 cm³/mol. The molecule has 0 aliphatic rings. The second-order valence-electron chi connectivity index (χ2n) is 5.23. The molecule has 3 rings (SSSR count). The van der Waals surface area contributed by atoms with Gasteiger partial charge in [0, 0.05) is 30.2 Å². The van der Waals surface area contributed by atoms with E-state index in [9.17, 15) is 13.6 Å². The normalized spacial score (nSPS) is 10.3.